The van der Waals surface area contributed by atoms with Crippen molar-refractivity contribution in [2.75, 3.05) is 0 Å². The fraction of sp³-hybridized carbons (Fsp3) is 0.213. The van der Waals surface area contributed by atoms with Crippen LogP contribution in [0.2, 0.25) is 0 Å². The lowest BCUT2D eigenvalue weighted by Gasteiger charge is -2.11. The van der Waals surface area contributed by atoms with Gasteiger partial charge in [0.2, 0.25) is 0 Å². The normalized spacial score (nSPS) is 12.7. The molecule has 0 amide bonds. The molecule has 2 unspecified atom stereocenters. The van der Waals surface area contributed by atoms with Crippen LogP contribution in [0.4, 0.5) is 0 Å². The van der Waals surface area contributed by atoms with E-state index in [0.29, 0.717) is 0 Å². The van der Waals surface area contributed by atoms with Crippen molar-refractivity contribution in [1.82, 2.24) is 0 Å². The van der Waals surface area contributed by atoms with E-state index in [2.05, 4.69) is 311 Å². The number of benzene rings is 10. The van der Waals surface area contributed by atoms with E-state index in [0.717, 1.165) is 33.4 Å². The van der Waals surface area contributed by atoms with E-state index in [1.165, 1.54) is 324 Å². The Kier molecular flexibility index (Phi) is 25.0. The monoisotopic (exact) mass is 2140 g/mol. The third-order valence-corrected chi connectivity index (χ3v) is 49.5. The number of aryl methyl sites for hydroxylation is 6. The molecule has 10 aromatic carbocycles. The average molecular weight is 2140 g/mol. The predicted molar refractivity (Wildman–Crippen MR) is 656 cm³/mol. The number of hydrogen-bond acceptors (Lipinski definition) is 18. The van der Waals surface area contributed by atoms with Crippen LogP contribution in [0.1, 0.15) is 147 Å². The largest absolute Gasteiger partial charge is 0.140 e. The van der Waals surface area contributed by atoms with Crippen LogP contribution >= 0.6 is 204 Å². The van der Waals surface area contributed by atoms with Crippen LogP contribution < -0.4 is 0 Å². The molecule has 0 fully saturated rings. The molecule has 140 heavy (non-hydrogen) atoms. The molecular formula is C122H96S18. The molecule has 0 N–H and O–H groups in total. The highest BCUT2D eigenvalue weighted by Gasteiger charge is 2.26. The molecule has 0 saturated carbocycles. The summed E-state index contributed by atoms with van der Waals surface area (Å²) in [5, 5.41) is 22.6. The van der Waals surface area contributed by atoms with Crippen molar-refractivity contribution >= 4 is 403 Å². The van der Waals surface area contributed by atoms with Gasteiger partial charge in [0.1, 0.15) is 0 Å². The van der Waals surface area contributed by atoms with Gasteiger partial charge in [-0.25, -0.2) is 0 Å². The third kappa shape index (κ3) is 17.0. The van der Waals surface area contributed by atoms with E-state index in [9.17, 15) is 0 Å². The van der Waals surface area contributed by atoms with Gasteiger partial charge in [0, 0.05) is 210 Å². The van der Waals surface area contributed by atoms with Crippen molar-refractivity contribution < 1.29 is 0 Å². The van der Waals surface area contributed by atoms with E-state index in [-0.39, 0.29) is 0 Å². The topological polar surface area (TPSA) is 0 Å². The van der Waals surface area contributed by atoms with Crippen LogP contribution in [0.5, 0.6) is 0 Å². The predicted octanol–water partition coefficient (Wildman–Crippen LogP) is 46.4. The zero-order valence-electron chi connectivity index (χ0n) is 79.5. The van der Waals surface area contributed by atoms with Crippen LogP contribution in [-0.2, 0) is 12.8 Å². The first-order valence-electron chi connectivity index (χ1n) is 48.3. The summed E-state index contributed by atoms with van der Waals surface area (Å²) in [5.41, 5.74) is 5.22. The van der Waals surface area contributed by atoms with Gasteiger partial charge in [-0.2, -0.15) is 0 Å². The van der Waals surface area contributed by atoms with Gasteiger partial charge in [-0.3, -0.25) is 0 Å². The van der Waals surface area contributed by atoms with Crippen molar-refractivity contribution in [2.45, 2.75) is 147 Å². The minimum absolute atomic E-state index is 0.819. The zero-order chi connectivity index (χ0) is 94.7. The Morgan fingerprint density at radius 2 is 0.464 bits per heavy atom. The van der Waals surface area contributed by atoms with Crippen molar-refractivity contribution in [1.29, 1.82) is 0 Å². The van der Waals surface area contributed by atoms with Crippen LogP contribution in [0.15, 0.2) is 218 Å². The molecule has 0 spiro atoms. The smallest absolute Gasteiger partial charge is 0.0781 e. The summed E-state index contributed by atoms with van der Waals surface area (Å²) in [6.07, 6.45) is 13.3. The van der Waals surface area contributed by atoms with Gasteiger partial charge in [-0.15, -0.1) is 216 Å². The Labute approximate surface area is 886 Å². The quantitative estimate of drug-likeness (QED) is 0.0751. The fourth-order valence-electron chi connectivity index (χ4n) is 20.2. The van der Waals surface area contributed by atoms with E-state index in [1.54, 1.807) is 32.4 Å². The zero-order valence-corrected chi connectivity index (χ0v) is 94.2. The maximum absolute atomic E-state index is 3.22. The van der Waals surface area contributed by atoms with Gasteiger partial charge >= 0.3 is 0 Å². The highest BCUT2D eigenvalue weighted by molar-refractivity contribution is 7.41. The molecule has 18 heteroatoms. The van der Waals surface area contributed by atoms with Gasteiger partial charge in [0.05, 0.1) is 47.4 Å². The summed E-state index contributed by atoms with van der Waals surface area (Å²) in [4.78, 5) is 16.4. The lowest BCUT2D eigenvalue weighted by atomic mass is 9.96. The molecule has 0 aliphatic heterocycles. The summed E-state index contributed by atoms with van der Waals surface area (Å²) in [6, 6.07) is 83.5. The number of fused-ring (bicyclic) bond motifs is 36. The Morgan fingerprint density at radius 3 is 0.736 bits per heavy atom. The van der Waals surface area contributed by atoms with E-state index in [4.69, 9.17) is 0 Å². The second-order valence-corrected chi connectivity index (χ2v) is 58.2. The molecule has 0 radical (unpaired) electrons. The molecule has 0 nitrogen and oxygen atoms in total. The molecule has 28 aromatic rings. The van der Waals surface area contributed by atoms with Gasteiger partial charge < -0.3 is 0 Å². The first-order valence-corrected chi connectivity index (χ1v) is 63.0. The first-order chi connectivity index (χ1) is 68.3. The molecule has 2 atom stereocenters. The average Bonchev–Trinajstić information content (AvgIpc) is 1.58. The summed E-state index contributed by atoms with van der Waals surface area (Å²) in [5.74, 6) is 15.8. The molecule has 18 aromatic heterocycles. The second-order valence-electron chi connectivity index (χ2n) is 38.6. The summed E-state index contributed by atoms with van der Waals surface area (Å²) in [7, 11) is 0. The minimum Gasteiger partial charge on any atom is -0.140 e. The molecule has 0 aliphatic carbocycles. The molecule has 0 saturated heterocycles. The maximum Gasteiger partial charge on any atom is 0.0781 e. The van der Waals surface area contributed by atoms with Crippen LogP contribution in [0.25, 0.3) is 239 Å². The SMILES string of the molecule is CC#Cc1cc2c(ccc3c2sc2c4ccc5sc(C#CC)cc5c4sc32)s1.CC(C)CCCC(C)CCc1cc2c(ccc3c2sc2c4ccc5sc(CCC(C)CCCC(C)C)cc5c4sc32)s1.Cc1ccc(-c2cc3c(ccc4c3sc3c5ccc6sc(-c7ccc(C)cc7)cc6c5sc43)s2)cc1.Cc1ccc(-c2cc3c(ccc4c3sc3c5ccc6sc(-c7ccc(C)s7)cc6c5sc43)s2)s1. The second kappa shape index (κ2) is 37.9. The Morgan fingerprint density at radius 1 is 0.207 bits per heavy atom. The lowest BCUT2D eigenvalue weighted by Crippen LogP contribution is -1.98. The molecule has 0 aliphatic rings. The van der Waals surface area contributed by atoms with Crippen LogP contribution in [0, 0.1) is 75.0 Å². The Bertz CT molecular complexity index is 9300. The number of rotatable bonds is 18. The van der Waals surface area contributed by atoms with Gasteiger partial charge in [-0.1, -0.05) is 200 Å². The van der Waals surface area contributed by atoms with Crippen molar-refractivity contribution in [3.05, 3.63) is 259 Å². The summed E-state index contributed by atoms with van der Waals surface area (Å²) >= 11 is 34.9. The van der Waals surface area contributed by atoms with E-state index >= 15 is 0 Å². The van der Waals surface area contributed by atoms with Crippen molar-refractivity contribution in [3.63, 3.8) is 0 Å². The Hall–Kier alpha value is -8.88. The van der Waals surface area contributed by atoms with Gasteiger partial charge in [0.15, 0.2) is 0 Å². The standard InChI is InChI=1S/C38H48S4.C32H20S4.C28H16S6.C24H12S4/c1-23(2)9-7-11-25(5)13-15-27-21-31-33(39-27)19-17-29-35(31)41-38-30-18-20-34-32(36(30)42-37(29)38)22-28(40-34)16-14-26(6)12-8-10-24(3)4;1-17-3-7-19(8-4-17)27-15-23-25(33-27)13-11-21-29(23)35-32-22-12-14-26-24(30(22)36-31(21)32)16-28(34-26)20-9-5-18(2)6-10-20;1-13-3-7-21(29-13)23-11-17-19(31-23)9-5-15-25(17)33-28-16-6-10-20-18(26(16)34-27(15)28)12-24(32-20)22-8-4-14(2)30-22;1-3-5-13-11-17-19(25-13)9-7-15-21(17)27-24-16-8-10-20-18(22(16)28-23(15)24)12-14(26-20)6-4-2/h17-26H,7-16H2,1-6H3;3-16H,1-2H3;3-12H,1-2H3;7-12H,1-2H3. The Balaban J connectivity index is 0.0000000993. The maximum atomic E-state index is 3.22. The van der Waals surface area contributed by atoms with E-state index < -0.39 is 0 Å². The van der Waals surface area contributed by atoms with Gasteiger partial charge in [-0.05, 0) is 223 Å². The van der Waals surface area contributed by atoms with Crippen molar-refractivity contribution in [2.24, 2.45) is 23.7 Å². The molecular weight excluding hydrogens is 2040 g/mol. The van der Waals surface area contributed by atoms with Gasteiger partial charge in [0.25, 0.3) is 0 Å². The summed E-state index contributed by atoms with van der Waals surface area (Å²) in [6.45, 7) is 26.7. The highest BCUT2D eigenvalue weighted by atomic mass is 32.2. The third-order valence-electron chi connectivity index (χ3n) is 27.6. The lowest BCUT2D eigenvalue weighted by molar-refractivity contribution is 0.437. The molecule has 28 rings (SSSR count). The van der Waals surface area contributed by atoms with E-state index in [1.807, 2.05) is 195 Å². The number of thiophene rings is 18. The van der Waals surface area contributed by atoms with Crippen LogP contribution in [-0.4, -0.2) is 0 Å². The van der Waals surface area contributed by atoms with Crippen LogP contribution in [0.3, 0.4) is 0 Å². The first kappa shape index (κ1) is 92.3. The minimum atomic E-state index is 0.819. The summed E-state index contributed by atoms with van der Waals surface area (Å²) < 4.78 is 34.2. The number of hydrogen-bond donors (Lipinski definition) is 0. The van der Waals surface area contributed by atoms with Crippen molar-refractivity contribution in [3.8, 4) is 64.1 Å². The highest BCUT2D eigenvalue weighted by Crippen LogP contribution is 2.57. The molecule has 0 bridgehead atoms. The molecule has 692 valence electrons. The molecule has 18 heterocycles. The fourth-order valence-corrected chi connectivity index (χ4v) is 42.5.